The molecule has 33 heavy (non-hydrogen) atoms. The van der Waals surface area contributed by atoms with Crippen molar-refractivity contribution in [3.8, 4) is 0 Å². The molecule has 4 rings (SSSR count). The number of benzene rings is 2. The van der Waals surface area contributed by atoms with E-state index in [1.165, 1.54) is 12.1 Å². The molecule has 170 valence electrons. The van der Waals surface area contributed by atoms with Crippen molar-refractivity contribution in [1.29, 1.82) is 5.41 Å². The lowest BCUT2D eigenvalue weighted by atomic mass is 9.84. The van der Waals surface area contributed by atoms with E-state index in [2.05, 4.69) is 5.32 Å². The van der Waals surface area contributed by atoms with Gasteiger partial charge in [-0.3, -0.25) is 10.2 Å². The third-order valence-electron chi connectivity index (χ3n) is 6.13. The van der Waals surface area contributed by atoms with Crippen LogP contribution in [-0.4, -0.2) is 29.0 Å². The predicted octanol–water partition coefficient (Wildman–Crippen LogP) is 5.11. The number of amides is 1. The van der Waals surface area contributed by atoms with Crippen LogP contribution in [0, 0.1) is 17.1 Å². The maximum absolute atomic E-state index is 14.6. The van der Waals surface area contributed by atoms with Crippen molar-refractivity contribution in [2.75, 3.05) is 0 Å². The van der Waals surface area contributed by atoms with Crippen LogP contribution in [0.4, 0.5) is 4.39 Å². The van der Waals surface area contributed by atoms with Gasteiger partial charge in [0.15, 0.2) is 0 Å². The highest BCUT2D eigenvalue weighted by atomic mass is 35.5. The summed E-state index contributed by atoms with van der Waals surface area (Å²) in [6, 6.07) is 8.68. The SMILES string of the molecule is N=C(C1=C(NC(=O)c2c(Cl)cccc2C2CC2)CC(C=O)CC1)c1ccc(C(=O)O)cc1F. The maximum Gasteiger partial charge on any atom is 0.335 e. The topological polar surface area (TPSA) is 107 Å². The van der Waals surface area contributed by atoms with Crippen molar-refractivity contribution in [3.05, 3.63) is 80.8 Å². The molecule has 2 aliphatic rings. The number of nitrogens with one attached hydrogen (secondary N) is 2. The summed E-state index contributed by atoms with van der Waals surface area (Å²) in [5.74, 6) is -2.57. The lowest BCUT2D eigenvalue weighted by Gasteiger charge is -2.26. The zero-order valence-electron chi connectivity index (χ0n) is 17.7. The number of carbonyl (C=O) groups excluding carboxylic acids is 2. The molecule has 1 fully saturated rings. The van der Waals surface area contributed by atoms with Gasteiger partial charge in [0.2, 0.25) is 0 Å². The van der Waals surface area contributed by atoms with Gasteiger partial charge in [0.05, 0.1) is 21.9 Å². The highest BCUT2D eigenvalue weighted by Crippen LogP contribution is 2.43. The minimum Gasteiger partial charge on any atom is -0.478 e. The van der Waals surface area contributed by atoms with Crippen molar-refractivity contribution in [3.63, 3.8) is 0 Å². The van der Waals surface area contributed by atoms with Crippen LogP contribution in [0.25, 0.3) is 0 Å². The zero-order chi connectivity index (χ0) is 23.7. The molecule has 2 aromatic carbocycles. The summed E-state index contributed by atoms with van der Waals surface area (Å²) in [5, 5.41) is 20.8. The van der Waals surface area contributed by atoms with E-state index in [-0.39, 0.29) is 35.1 Å². The molecular weight excluding hydrogens is 447 g/mol. The normalized spacial score (nSPS) is 18.1. The van der Waals surface area contributed by atoms with E-state index >= 15 is 0 Å². The first-order chi connectivity index (χ1) is 15.8. The Bertz CT molecular complexity index is 1200. The van der Waals surface area contributed by atoms with Gasteiger partial charge in [0.25, 0.3) is 5.91 Å². The Kier molecular flexibility index (Phi) is 6.42. The van der Waals surface area contributed by atoms with Crippen molar-refractivity contribution in [2.45, 2.75) is 38.0 Å². The van der Waals surface area contributed by atoms with E-state index in [0.29, 0.717) is 34.7 Å². The van der Waals surface area contributed by atoms with Gasteiger partial charge < -0.3 is 15.2 Å². The number of aldehydes is 1. The van der Waals surface area contributed by atoms with Crippen LogP contribution in [0.15, 0.2) is 47.7 Å². The summed E-state index contributed by atoms with van der Waals surface area (Å²) in [6.07, 6.45) is 3.77. The van der Waals surface area contributed by atoms with Gasteiger partial charge in [0.1, 0.15) is 12.1 Å². The van der Waals surface area contributed by atoms with Gasteiger partial charge in [-0.1, -0.05) is 23.7 Å². The first-order valence-corrected chi connectivity index (χ1v) is 11.1. The minimum atomic E-state index is -1.27. The van der Waals surface area contributed by atoms with E-state index in [1.807, 2.05) is 6.07 Å². The largest absolute Gasteiger partial charge is 0.478 e. The molecule has 3 N–H and O–H groups in total. The molecule has 0 aromatic heterocycles. The summed E-state index contributed by atoms with van der Waals surface area (Å²) < 4.78 is 14.6. The smallest absolute Gasteiger partial charge is 0.335 e. The summed E-state index contributed by atoms with van der Waals surface area (Å²) >= 11 is 6.35. The Balaban J connectivity index is 1.70. The number of carboxylic acids is 1. The van der Waals surface area contributed by atoms with E-state index in [4.69, 9.17) is 22.1 Å². The number of allylic oxidation sites excluding steroid dienone is 2. The van der Waals surface area contributed by atoms with E-state index in [1.54, 1.807) is 12.1 Å². The molecule has 0 spiro atoms. The van der Waals surface area contributed by atoms with Crippen molar-refractivity contribution >= 4 is 35.5 Å². The first-order valence-electron chi connectivity index (χ1n) is 10.7. The van der Waals surface area contributed by atoms with E-state index < -0.39 is 17.7 Å². The summed E-state index contributed by atoms with van der Waals surface area (Å²) in [4.78, 5) is 35.8. The fourth-order valence-electron chi connectivity index (χ4n) is 4.21. The highest BCUT2D eigenvalue weighted by Gasteiger charge is 2.31. The Hall–Kier alpha value is -3.32. The second-order valence-electron chi connectivity index (χ2n) is 8.40. The summed E-state index contributed by atoms with van der Waals surface area (Å²) in [6.45, 7) is 0. The molecule has 1 atom stereocenters. The number of hydrogen-bond acceptors (Lipinski definition) is 4. The molecule has 8 heteroatoms. The highest BCUT2D eigenvalue weighted by molar-refractivity contribution is 6.34. The lowest BCUT2D eigenvalue weighted by molar-refractivity contribution is -0.111. The first kappa shape index (κ1) is 22.9. The quantitative estimate of drug-likeness (QED) is 0.388. The van der Waals surface area contributed by atoms with E-state index in [9.17, 15) is 18.8 Å². The van der Waals surface area contributed by atoms with Crippen LogP contribution in [0.3, 0.4) is 0 Å². The standard InChI is InChI=1S/C25H22ClFN2O4/c26-19-3-1-2-16(14-5-6-14)22(19)24(31)29-21-10-13(12-30)4-8-18(21)23(28)17-9-7-15(25(32)33)11-20(17)27/h1-3,7,9,11-14,28H,4-6,8,10H2,(H,29,31)(H,32,33). The van der Waals surface area contributed by atoms with Gasteiger partial charge in [-0.2, -0.15) is 0 Å². The monoisotopic (exact) mass is 468 g/mol. The average molecular weight is 469 g/mol. The van der Waals surface area contributed by atoms with Crippen LogP contribution in [-0.2, 0) is 4.79 Å². The Morgan fingerprint density at radius 3 is 2.58 bits per heavy atom. The summed E-state index contributed by atoms with van der Waals surface area (Å²) in [5.41, 5.74) is 1.62. The number of hydrogen-bond donors (Lipinski definition) is 3. The van der Waals surface area contributed by atoms with Gasteiger partial charge in [-0.25, -0.2) is 9.18 Å². The Morgan fingerprint density at radius 1 is 1.18 bits per heavy atom. The van der Waals surface area contributed by atoms with Crippen LogP contribution in [0.5, 0.6) is 0 Å². The molecule has 0 aliphatic heterocycles. The molecule has 1 amide bonds. The fourth-order valence-corrected chi connectivity index (χ4v) is 4.48. The number of rotatable bonds is 7. The van der Waals surface area contributed by atoms with Crippen LogP contribution < -0.4 is 5.32 Å². The van der Waals surface area contributed by atoms with Crippen molar-refractivity contribution in [2.24, 2.45) is 5.92 Å². The molecule has 0 saturated heterocycles. The fraction of sp³-hybridized carbons (Fsp3) is 0.280. The molecule has 1 unspecified atom stereocenters. The number of carboxylic acid groups (broad SMARTS) is 1. The predicted molar refractivity (Wildman–Crippen MR) is 122 cm³/mol. The van der Waals surface area contributed by atoms with Gasteiger partial charge >= 0.3 is 5.97 Å². The molecule has 1 saturated carbocycles. The van der Waals surface area contributed by atoms with Gasteiger partial charge in [-0.05, 0) is 73.4 Å². The van der Waals surface area contributed by atoms with Crippen LogP contribution in [0.2, 0.25) is 5.02 Å². The molecule has 0 bridgehead atoms. The number of halogens is 2. The summed E-state index contributed by atoms with van der Waals surface area (Å²) in [7, 11) is 0. The lowest BCUT2D eigenvalue weighted by Crippen LogP contribution is -2.31. The molecule has 0 radical (unpaired) electrons. The molecule has 0 heterocycles. The van der Waals surface area contributed by atoms with Gasteiger partial charge in [0, 0.05) is 17.2 Å². The average Bonchev–Trinajstić information content (AvgIpc) is 3.63. The number of carbonyl (C=O) groups is 3. The third kappa shape index (κ3) is 4.73. The minimum absolute atomic E-state index is 0.0669. The van der Waals surface area contributed by atoms with Gasteiger partial charge in [-0.15, -0.1) is 0 Å². The molecule has 2 aromatic rings. The Labute approximate surface area is 195 Å². The second kappa shape index (κ2) is 9.27. The second-order valence-corrected chi connectivity index (χ2v) is 8.81. The molecule has 2 aliphatic carbocycles. The molecular formula is C25H22ClFN2O4. The van der Waals surface area contributed by atoms with Crippen LogP contribution in [0.1, 0.15) is 69.9 Å². The Morgan fingerprint density at radius 2 is 1.94 bits per heavy atom. The maximum atomic E-state index is 14.6. The molecule has 6 nitrogen and oxygen atoms in total. The van der Waals surface area contributed by atoms with Crippen molar-refractivity contribution in [1.82, 2.24) is 5.32 Å². The third-order valence-corrected chi connectivity index (χ3v) is 6.44. The van der Waals surface area contributed by atoms with Crippen LogP contribution >= 0.6 is 11.6 Å². The van der Waals surface area contributed by atoms with E-state index in [0.717, 1.165) is 30.8 Å². The van der Waals surface area contributed by atoms with Crippen molar-refractivity contribution < 1.29 is 23.9 Å². The zero-order valence-corrected chi connectivity index (χ0v) is 18.4. The number of aromatic carboxylic acids is 1.